The molecule has 2 aromatic rings. The average Bonchev–Trinajstić information content (AvgIpc) is 2.63. The second kappa shape index (κ2) is 3.95. The fourth-order valence-electron chi connectivity index (χ4n) is 1.44. The Bertz CT molecular complexity index is 504. The van der Waals surface area contributed by atoms with Crippen LogP contribution < -0.4 is 0 Å². The summed E-state index contributed by atoms with van der Waals surface area (Å²) in [6.07, 6.45) is 0. The van der Waals surface area contributed by atoms with Gasteiger partial charge in [-0.05, 0) is 19.1 Å². The molecule has 2 rings (SSSR count). The van der Waals surface area contributed by atoms with E-state index in [4.69, 9.17) is 16.3 Å². The number of rotatable bonds is 2. The summed E-state index contributed by atoms with van der Waals surface area (Å²) in [6, 6.07) is 7.24. The molecule has 0 aliphatic rings. The van der Waals surface area contributed by atoms with Crippen molar-refractivity contribution in [3.8, 4) is 0 Å². The van der Waals surface area contributed by atoms with Gasteiger partial charge in [0.2, 0.25) is 0 Å². The van der Waals surface area contributed by atoms with Crippen molar-refractivity contribution in [3.05, 3.63) is 35.0 Å². The largest absolute Gasteiger partial charge is 0.461 e. The molecule has 78 valence electrons. The van der Waals surface area contributed by atoms with Gasteiger partial charge < -0.3 is 9.72 Å². The zero-order valence-electron chi connectivity index (χ0n) is 8.21. The van der Waals surface area contributed by atoms with E-state index in [1.54, 1.807) is 19.1 Å². The highest BCUT2D eigenvalue weighted by Crippen LogP contribution is 2.23. The molecule has 0 atom stereocenters. The first-order valence-electron chi connectivity index (χ1n) is 4.66. The quantitative estimate of drug-likeness (QED) is 0.796. The van der Waals surface area contributed by atoms with Crippen LogP contribution in [0.5, 0.6) is 0 Å². The van der Waals surface area contributed by atoms with Crippen LogP contribution in [-0.2, 0) is 4.74 Å². The fourth-order valence-corrected chi connectivity index (χ4v) is 1.67. The average molecular weight is 224 g/mol. The summed E-state index contributed by atoms with van der Waals surface area (Å²) in [5, 5.41) is 1.51. The summed E-state index contributed by atoms with van der Waals surface area (Å²) >= 11 is 5.97. The van der Waals surface area contributed by atoms with E-state index in [-0.39, 0.29) is 5.97 Å². The number of nitrogens with one attached hydrogen (secondary N) is 1. The minimum atomic E-state index is -0.357. The van der Waals surface area contributed by atoms with Crippen LogP contribution in [-0.4, -0.2) is 17.6 Å². The molecule has 0 fully saturated rings. The van der Waals surface area contributed by atoms with Crippen LogP contribution in [0.4, 0.5) is 0 Å². The third-order valence-electron chi connectivity index (χ3n) is 2.10. The topological polar surface area (TPSA) is 42.1 Å². The van der Waals surface area contributed by atoms with Gasteiger partial charge in [-0.1, -0.05) is 23.7 Å². The van der Waals surface area contributed by atoms with Crippen molar-refractivity contribution in [2.45, 2.75) is 6.92 Å². The van der Waals surface area contributed by atoms with Gasteiger partial charge in [-0.3, -0.25) is 0 Å². The van der Waals surface area contributed by atoms with E-state index in [1.165, 1.54) is 0 Å². The zero-order chi connectivity index (χ0) is 10.8. The lowest BCUT2D eigenvalue weighted by Crippen LogP contribution is -2.04. The Balaban J connectivity index is 2.47. The monoisotopic (exact) mass is 223 g/mol. The van der Waals surface area contributed by atoms with Crippen LogP contribution >= 0.6 is 11.6 Å². The lowest BCUT2D eigenvalue weighted by Gasteiger charge is -1.97. The minimum Gasteiger partial charge on any atom is -0.461 e. The zero-order valence-corrected chi connectivity index (χ0v) is 8.97. The lowest BCUT2D eigenvalue weighted by atomic mass is 10.2. The number of carbonyl (C=O) groups is 1. The van der Waals surface area contributed by atoms with E-state index in [9.17, 15) is 4.79 Å². The van der Waals surface area contributed by atoms with Gasteiger partial charge >= 0.3 is 5.97 Å². The molecule has 1 aromatic carbocycles. The summed E-state index contributed by atoms with van der Waals surface area (Å²) in [6.45, 7) is 2.13. The Morgan fingerprint density at radius 1 is 1.53 bits per heavy atom. The van der Waals surface area contributed by atoms with Crippen LogP contribution in [0.3, 0.4) is 0 Å². The summed E-state index contributed by atoms with van der Waals surface area (Å²) < 4.78 is 4.88. The van der Waals surface area contributed by atoms with Crippen LogP contribution in [0.2, 0.25) is 5.02 Å². The number of halogens is 1. The highest BCUT2D eigenvalue weighted by atomic mass is 35.5. The molecule has 1 aromatic heterocycles. The second-order valence-electron chi connectivity index (χ2n) is 3.11. The SMILES string of the molecule is CCOC(=O)c1cc2cccc(Cl)c2[nH]1. The lowest BCUT2D eigenvalue weighted by molar-refractivity contribution is 0.0520. The smallest absolute Gasteiger partial charge is 0.354 e. The molecule has 0 radical (unpaired) electrons. The van der Waals surface area contributed by atoms with E-state index in [1.807, 2.05) is 12.1 Å². The number of H-pyrrole nitrogens is 1. The number of aromatic amines is 1. The van der Waals surface area contributed by atoms with E-state index in [2.05, 4.69) is 4.98 Å². The molecule has 0 saturated heterocycles. The highest BCUT2D eigenvalue weighted by molar-refractivity contribution is 6.35. The van der Waals surface area contributed by atoms with Gasteiger partial charge in [0.15, 0.2) is 0 Å². The third kappa shape index (κ3) is 1.83. The number of hydrogen-bond donors (Lipinski definition) is 1. The van der Waals surface area contributed by atoms with Crippen molar-refractivity contribution in [3.63, 3.8) is 0 Å². The number of benzene rings is 1. The predicted molar refractivity (Wildman–Crippen MR) is 59.3 cm³/mol. The van der Waals surface area contributed by atoms with Crippen LogP contribution in [0.1, 0.15) is 17.4 Å². The molecule has 4 heteroatoms. The molecule has 0 unspecified atom stereocenters. The molecule has 3 nitrogen and oxygen atoms in total. The fraction of sp³-hybridized carbons (Fsp3) is 0.182. The van der Waals surface area contributed by atoms with Crippen LogP contribution in [0, 0.1) is 0 Å². The first kappa shape index (κ1) is 10.1. The molecular formula is C11H10ClNO2. The molecule has 0 aliphatic heterocycles. The van der Waals surface area contributed by atoms with Crippen LogP contribution in [0.25, 0.3) is 10.9 Å². The third-order valence-corrected chi connectivity index (χ3v) is 2.42. The normalized spacial score (nSPS) is 10.5. The van der Waals surface area contributed by atoms with Crippen molar-refractivity contribution < 1.29 is 9.53 Å². The number of hydrogen-bond acceptors (Lipinski definition) is 2. The minimum absolute atomic E-state index is 0.357. The predicted octanol–water partition coefficient (Wildman–Crippen LogP) is 3.00. The molecule has 0 spiro atoms. The maximum Gasteiger partial charge on any atom is 0.354 e. The molecule has 1 heterocycles. The number of fused-ring (bicyclic) bond motifs is 1. The standard InChI is InChI=1S/C11H10ClNO2/c1-2-15-11(14)9-6-7-4-3-5-8(12)10(7)13-9/h3-6,13H,2H2,1H3. The summed E-state index contributed by atoms with van der Waals surface area (Å²) in [5.41, 5.74) is 1.20. The van der Waals surface area contributed by atoms with Crippen molar-refractivity contribution in [1.82, 2.24) is 4.98 Å². The Morgan fingerprint density at radius 2 is 2.33 bits per heavy atom. The number of esters is 1. The van der Waals surface area contributed by atoms with Crippen molar-refractivity contribution in [1.29, 1.82) is 0 Å². The summed E-state index contributed by atoms with van der Waals surface area (Å²) in [7, 11) is 0. The van der Waals surface area contributed by atoms with E-state index >= 15 is 0 Å². The second-order valence-corrected chi connectivity index (χ2v) is 3.51. The van der Waals surface area contributed by atoms with Gasteiger partial charge in [-0.15, -0.1) is 0 Å². The van der Waals surface area contributed by atoms with Gasteiger partial charge in [0.1, 0.15) is 5.69 Å². The van der Waals surface area contributed by atoms with Crippen LogP contribution in [0.15, 0.2) is 24.3 Å². The van der Waals surface area contributed by atoms with E-state index in [0.717, 1.165) is 10.9 Å². The molecule has 0 amide bonds. The Hall–Kier alpha value is -1.48. The van der Waals surface area contributed by atoms with E-state index in [0.29, 0.717) is 17.3 Å². The Kier molecular flexibility index (Phi) is 2.64. The number of carbonyl (C=O) groups excluding carboxylic acids is 1. The van der Waals surface area contributed by atoms with E-state index < -0.39 is 0 Å². The first-order valence-corrected chi connectivity index (χ1v) is 5.04. The first-order chi connectivity index (χ1) is 7.22. The van der Waals surface area contributed by atoms with Gasteiger partial charge in [0.05, 0.1) is 17.1 Å². The Labute approximate surface area is 92.0 Å². The molecule has 1 N–H and O–H groups in total. The van der Waals surface area contributed by atoms with Gasteiger partial charge in [-0.25, -0.2) is 4.79 Å². The molecule has 0 saturated carbocycles. The van der Waals surface area contributed by atoms with Gasteiger partial charge in [0.25, 0.3) is 0 Å². The Morgan fingerprint density at radius 3 is 3.00 bits per heavy atom. The number of ether oxygens (including phenoxy) is 1. The summed E-state index contributed by atoms with van der Waals surface area (Å²) in [5.74, 6) is -0.357. The maximum atomic E-state index is 11.4. The molecular weight excluding hydrogens is 214 g/mol. The molecule has 15 heavy (non-hydrogen) atoms. The van der Waals surface area contributed by atoms with Gasteiger partial charge in [0, 0.05) is 5.39 Å². The highest BCUT2D eigenvalue weighted by Gasteiger charge is 2.11. The summed E-state index contributed by atoms with van der Waals surface area (Å²) in [4.78, 5) is 14.4. The number of aromatic nitrogens is 1. The molecule has 0 aliphatic carbocycles. The van der Waals surface area contributed by atoms with Gasteiger partial charge in [-0.2, -0.15) is 0 Å². The maximum absolute atomic E-state index is 11.4. The molecule has 0 bridgehead atoms. The van der Waals surface area contributed by atoms with Crippen molar-refractivity contribution in [2.75, 3.05) is 6.61 Å². The van der Waals surface area contributed by atoms with Crippen molar-refractivity contribution in [2.24, 2.45) is 0 Å². The van der Waals surface area contributed by atoms with Crippen molar-refractivity contribution >= 4 is 28.5 Å². The number of para-hydroxylation sites is 1.